The van der Waals surface area contributed by atoms with Crippen molar-refractivity contribution in [3.05, 3.63) is 58.5 Å². The van der Waals surface area contributed by atoms with Gasteiger partial charge in [0, 0.05) is 11.8 Å². The summed E-state index contributed by atoms with van der Waals surface area (Å²) >= 11 is 1.72. The summed E-state index contributed by atoms with van der Waals surface area (Å²) in [6, 6.07) is 12.4. The molecule has 0 N–H and O–H groups in total. The zero-order chi connectivity index (χ0) is 10.1. The molecule has 0 aliphatic carbocycles. The third kappa shape index (κ3) is 1.68. The first-order chi connectivity index (χ1) is 7.42. The number of benzene rings is 1. The molecule has 0 amide bonds. The van der Waals surface area contributed by atoms with Crippen LogP contribution in [0.4, 0.5) is 0 Å². The molecule has 2 aromatic heterocycles. The predicted octanol–water partition coefficient (Wildman–Crippen LogP) is 4.09. The molecule has 0 radical (unpaired) electrons. The topological polar surface area (TPSA) is 13.1 Å². The van der Waals surface area contributed by atoms with Gasteiger partial charge in [-0.1, -0.05) is 18.2 Å². The molecular weight excluding hydrogens is 204 g/mol. The summed E-state index contributed by atoms with van der Waals surface area (Å²) in [5.74, 6) is 1.04. The number of fused-ring (bicyclic) bond motifs is 1. The fourth-order valence-corrected chi connectivity index (χ4v) is 2.39. The van der Waals surface area contributed by atoms with Crippen LogP contribution in [0.2, 0.25) is 0 Å². The Balaban J connectivity index is 1.98. The van der Waals surface area contributed by atoms with E-state index in [-0.39, 0.29) is 0 Å². The van der Waals surface area contributed by atoms with Crippen molar-refractivity contribution in [1.82, 2.24) is 0 Å². The minimum Gasteiger partial charge on any atom is -0.461 e. The monoisotopic (exact) mass is 214 g/mol. The first-order valence-electron chi connectivity index (χ1n) is 4.90. The van der Waals surface area contributed by atoms with Crippen molar-refractivity contribution in [2.24, 2.45) is 0 Å². The molecule has 0 saturated carbocycles. The van der Waals surface area contributed by atoms with Crippen LogP contribution in [-0.2, 0) is 6.42 Å². The second-order valence-electron chi connectivity index (χ2n) is 3.56. The maximum Gasteiger partial charge on any atom is 0.134 e. The molecule has 0 spiro atoms. The average molecular weight is 214 g/mol. The molecule has 3 rings (SSSR count). The maximum absolute atomic E-state index is 5.75. The maximum atomic E-state index is 5.75. The smallest absolute Gasteiger partial charge is 0.134 e. The summed E-state index contributed by atoms with van der Waals surface area (Å²) in [6.45, 7) is 0. The molecule has 0 aliphatic rings. The van der Waals surface area contributed by atoms with Crippen LogP contribution in [0.15, 0.2) is 51.6 Å². The fourth-order valence-electron chi connectivity index (χ4n) is 1.72. The van der Waals surface area contributed by atoms with E-state index in [1.165, 1.54) is 10.9 Å². The van der Waals surface area contributed by atoms with E-state index in [0.29, 0.717) is 0 Å². The van der Waals surface area contributed by atoms with E-state index in [4.69, 9.17) is 4.42 Å². The van der Waals surface area contributed by atoms with Crippen LogP contribution >= 0.6 is 11.3 Å². The van der Waals surface area contributed by atoms with Gasteiger partial charge in [-0.2, -0.15) is 11.3 Å². The van der Waals surface area contributed by atoms with Crippen molar-refractivity contribution < 1.29 is 4.42 Å². The Morgan fingerprint density at radius 1 is 1.13 bits per heavy atom. The van der Waals surface area contributed by atoms with Gasteiger partial charge >= 0.3 is 0 Å². The van der Waals surface area contributed by atoms with Gasteiger partial charge in [0.1, 0.15) is 11.3 Å². The Morgan fingerprint density at radius 3 is 2.87 bits per heavy atom. The highest BCUT2D eigenvalue weighted by Gasteiger charge is 2.03. The van der Waals surface area contributed by atoms with Gasteiger partial charge in [0.15, 0.2) is 0 Å². The summed E-state index contributed by atoms with van der Waals surface area (Å²) in [5, 5.41) is 5.44. The lowest BCUT2D eigenvalue weighted by molar-refractivity contribution is 0.563. The number of hydrogen-bond acceptors (Lipinski definition) is 2. The van der Waals surface area contributed by atoms with E-state index in [0.717, 1.165) is 17.8 Å². The Morgan fingerprint density at radius 2 is 2.07 bits per heavy atom. The van der Waals surface area contributed by atoms with Gasteiger partial charge in [-0.05, 0) is 34.5 Å². The quantitative estimate of drug-likeness (QED) is 0.626. The van der Waals surface area contributed by atoms with Crippen molar-refractivity contribution in [2.45, 2.75) is 6.42 Å². The van der Waals surface area contributed by atoms with Gasteiger partial charge in [0.25, 0.3) is 0 Å². The number of furan rings is 1. The standard InChI is InChI=1S/C13H10OS/c1-2-4-13-11(3-1)8-12(14-13)7-10-5-6-15-9-10/h1-6,8-9H,7H2. The second kappa shape index (κ2) is 3.55. The van der Waals surface area contributed by atoms with E-state index >= 15 is 0 Å². The minimum atomic E-state index is 0.887. The van der Waals surface area contributed by atoms with E-state index in [9.17, 15) is 0 Å². The van der Waals surface area contributed by atoms with Crippen LogP contribution < -0.4 is 0 Å². The Hall–Kier alpha value is -1.54. The summed E-state index contributed by atoms with van der Waals surface area (Å²) in [5.41, 5.74) is 2.29. The lowest BCUT2D eigenvalue weighted by atomic mass is 10.2. The van der Waals surface area contributed by atoms with Crippen molar-refractivity contribution >= 4 is 22.3 Å². The van der Waals surface area contributed by atoms with Crippen molar-refractivity contribution in [3.8, 4) is 0 Å². The van der Waals surface area contributed by atoms with Gasteiger partial charge in [-0.25, -0.2) is 0 Å². The molecule has 0 bridgehead atoms. The highest BCUT2D eigenvalue weighted by molar-refractivity contribution is 7.07. The molecule has 2 heterocycles. The van der Waals surface area contributed by atoms with Crippen LogP contribution in [0.1, 0.15) is 11.3 Å². The molecule has 3 aromatic rings. The normalized spacial score (nSPS) is 10.9. The summed E-state index contributed by atoms with van der Waals surface area (Å²) < 4.78 is 5.75. The molecule has 0 unspecified atom stereocenters. The van der Waals surface area contributed by atoms with E-state index < -0.39 is 0 Å². The summed E-state index contributed by atoms with van der Waals surface area (Å²) in [4.78, 5) is 0. The third-order valence-corrected chi connectivity index (χ3v) is 3.17. The number of rotatable bonds is 2. The third-order valence-electron chi connectivity index (χ3n) is 2.44. The van der Waals surface area contributed by atoms with Crippen molar-refractivity contribution in [3.63, 3.8) is 0 Å². The molecule has 0 aliphatic heterocycles. The number of thiophene rings is 1. The molecule has 1 aromatic carbocycles. The van der Waals surface area contributed by atoms with Crippen molar-refractivity contribution in [1.29, 1.82) is 0 Å². The highest BCUT2D eigenvalue weighted by atomic mass is 32.1. The van der Waals surface area contributed by atoms with E-state index in [1.807, 2.05) is 18.2 Å². The van der Waals surface area contributed by atoms with Gasteiger partial charge < -0.3 is 4.42 Å². The van der Waals surface area contributed by atoms with E-state index in [2.05, 4.69) is 29.0 Å². The predicted molar refractivity (Wildman–Crippen MR) is 63.3 cm³/mol. The molecule has 0 fully saturated rings. The molecule has 1 nitrogen and oxygen atoms in total. The first kappa shape index (κ1) is 8.74. The Bertz CT molecular complexity index is 530. The molecule has 2 heteroatoms. The lowest BCUT2D eigenvalue weighted by Crippen LogP contribution is -1.79. The lowest BCUT2D eigenvalue weighted by Gasteiger charge is -1.90. The molecule has 0 saturated heterocycles. The second-order valence-corrected chi connectivity index (χ2v) is 4.34. The SMILES string of the molecule is c1ccc2oc(Cc3ccsc3)cc2c1. The largest absolute Gasteiger partial charge is 0.461 e. The minimum absolute atomic E-state index is 0.887. The Kier molecular flexibility index (Phi) is 2.07. The van der Waals surface area contributed by atoms with Crippen LogP contribution in [-0.4, -0.2) is 0 Å². The van der Waals surface area contributed by atoms with Gasteiger partial charge in [0.05, 0.1) is 0 Å². The number of para-hydroxylation sites is 1. The fraction of sp³-hybridized carbons (Fsp3) is 0.0769. The molecule has 15 heavy (non-hydrogen) atoms. The van der Waals surface area contributed by atoms with Gasteiger partial charge in [-0.15, -0.1) is 0 Å². The highest BCUT2D eigenvalue weighted by Crippen LogP contribution is 2.21. The first-order valence-corrected chi connectivity index (χ1v) is 5.84. The summed E-state index contributed by atoms with van der Waals surface area (Å²) in [6.07, 6.45) is 0.887. The molecule has 74 valence electrons. The van der Waals surface area contributed by atoms with Crippen LogP contribution in [0.5, 0.6) is 0 Å². The van der Waals surface area contributed by atoms with E-state index in [1.54, 1.807) is 11.3 Å². The summed E-state index contributed by atoms with van der Waals surface area (Å²) in [7, 11) is 0. The number of hydrogen-bond donors (Lipinski definition) is 0. The van der Waals surface area contributed by atoms with Gasteiger partial charge in [0.2, 0.25) is 0 Å². The van der Waals surface area contributed by atoms with Gasteiger partial charge in [-0.3, -0.25) is 0 Å². The molecular formula is C13H10OS. The van der Waals surface area contributed by atoms with Crippen LogP contribution in [0.25, 0.3) is 11.0 Å². The van der Waals surface area contributed by atoms with Crippen LogP contribution in [0.3, 0.4) is 0 Å². The molecule has 0 atom stereocenters. The zero-order valence-corrected chi connectivity index (χ0v) is 8.96. The zero-order valence-electron chi connectivity index (χ0n) is 8.14. The Labute approximate surface area is 92.0 Å². The average Bonchev–Trinajstić information content (AvgIpc) is 2.86. The van der Waals surface area contributed by atoms with Crippen LogP contribution in [0, 0.1) is 0 Å². The van der Waals surface area contributed by atoms with Crippen molar-refractivity contribution in [2.75, 3.05) is 0 Å².